The fraction of sp³-hybridized carbons (Fsp3) is 0.111. The molecule has 1 aromatic heterocycles. The SMILES string of the molecule is O=C(NCc1ccc(OC(F)(F)F)cc1)c1ccc(S(=O)(=O)Nc2nccs2)c(F)c1. The van der Waals surface area contributed by atoms with Gasteiger partial charge >= 0.3 is 6.36 Å². The first-order valence-corrected chi connectivity index (χ1v) is 10.7. The van der Waals surface area contributed by atoms with Crippen LogP contribution in [0.3, 0.4) is 0 Å². The lowest BCUT2D eigenvalue weighted by Crippen LogP contribution is -2.23. The number of carbonyl (C=O) groups excluding carboxylic acids is 1. The normalized spacial score (nSPS) is 11.7. The molecule has 0 aliphatic heterocycles. The number of anilines is 1. The molecule has 0 fully saturated rings. The van der Waals surface area contributed by atoms with Crippen LogP contribution in [-0.4, -0.2) is 25.7 Å². The molecule has 1 heterocycles. The average molecular weight is 475 g/mol. The standard InChI is InChI=1S/C18H13F4N3O4S2/c19-14-9-12(3-6-15(14)31(27,28)25-17-23-7-8-30-17)16(26)24-10-11-1-4-13(5-2-11)29-18(20,21)22/h1-9H,10H2,(H,23,25)(H,24,26). The second-order valence-corrected chi connectivity index (χ2v) is 8.51. The Morgan fingerprint density at radius 2 is 1.84 bits per heavy atom. The number of hydrogen-bond acceptors (Lipinski definition) is 6. The van der Waals surface area contributed by atoms with Gasteiger partial charge < -0.3 is 10.1 Å². The van der Waals surface area contributed by atoms with E-state index in [4.69, 9.17) is 0 Å². The summed E-state index contributed by atoms with van der Waals surface area (Å²) in [6.07, 6.45) is -3.43. The second kappa shape index (κ2) is 8.89. The van der Waals surface area contributed by atoms with Gasteiger partial charge in [0.15, 0.2) is 5.13 Å². The maximum absolute atomic E-state index is 14.4. The lowest BCUT2D eigenvalue weighted by atomic mass is 10.2. The Morgan fingerprint density at radius 1 is 1.13 bits per heavy atom. The van der Waals surface area contributed by atoms with Crippen molar-refractivity contribution in [1.29, 1.82) is 0 Å². The third kappa shape index (κ3) is 6.15. The van der Waals surface area contributed by atoms with Crippen molar-refractivity contribution in [2.45, 2.75) is 17.8 Å². The van der Waals surface area contributed by atoms with E-state index in [1.165, 1.54) is 18.3 Å². The highest BCUT2D eigenvalue weighted by Gasteiger charge is 2.31. The number of benzene rings is 2. The highest BCUT2D eigenvalue weighted by atomic mass is 32.2. The number of ether oxygens (including phenoxy) is 1. The largest absolute Gasteiger partial charge is 0.573 e. The maximum Gasteiger partial charge on any atom is 0.573 e. The number of amides is 1. The van der Waals surface area contributed by atoms with Crippen LogP contribution in [0.1, 0.15) is 15.9 Å². The van der Waals surface area contributed by atoms with E-state index in [1.54, 1.807) is 5.38 Å². The molecule has 7 nitrogen and oxygen atoms in total. The van der Waals surface area contributed by atoms with Crippen molar-refractivity contribution in [3.63, 3.8) is 0 Å². The van der Waals surface area contributed by atoms with Crippen molar-refractivity contribution in [2.75, 3.05) is 4.72 Å². The summed E-state index contributed by atoms with van der Waals surface area (Å²) in [7, 11) is -4.23. The summed E-state index contributed by atoms with van der Waals surface area (Å²) in [6, 6.07) is 7.67. The molecule has 0 spiro atoms. The van der Waals surface area contributed by atoms with Crippen LogP contribution in [0.25, 0.3) is 0 Å². The Labute approximate surface area is 177 Å². The lowest BCUT2D eigenvalue weighted by Gasteiger charge is -2.10. The van der Waals surface area contributed by atoms with Gasteiger partial charge in [-0.3, -0.25) is 9.52 Å². The van der Waals surface area contributed by atoms with Crippen LogP contribution < -0.4 is 14.8 Å². The molecule has 2 aromatic carbocycles. The van der Waals surface area contributed by atoms with Crippen LogP contribution in [0.5, 0.6) is 5.75 Å². The molecule has 0 aliphatic rings. The number of sulfonamides is 1. The molecule has 0 saturated heterocycles. The van der Waals surface area contributed by atoms with Gasteiger partial charge in [0.25, 0.3) is 15.9 Å². The zero-order chi connectivity index (χ0) is 22.6. The van der Waals surface area contributed by atoms with Crippen LogP contribution in [0, 0.1) is 5.82 Å². The summed E-state index contributed by atoms with van der Waals surface area (Å²) in [5, 5.41) is 4.07. The molecular formula is C18H13F4N3O4S2. The Hall–Kier alpha value is -3.19. The highest BCUT2D eigenvalue weighted by Crippen LogP contribution is 2.23. The Balaban J connectivity index is 1.64. The highest BCUT2D eigenvalue weighted by molar-refractivity contribution is 7.93. The van der Waals surface area contributed by atoms with E-state index in [0.29, 0.717) is 5.56 Å². The number of nitrogens with zero attached hydrogens (tertiary/aromatic N) is 1. The molecule has 31 heavy (non-hydrogen) atoms. The summed E-state index contributed by atoms with van der Waals surface area (Å²) in [5.74, 6) is -2.25. The molecule has 3 rings (SSSR count). The van der Waals surface area contributed by atoms with Gasteiger partial charge in [0.1, 0.15) is 16.5 Å². The second-order valence-electron chi connectivity index (χ2n) is 5.96. The van der Waals surface area contributed by atoms with Crippen molar-refractivity contribution >= 4 is 32.4 Å². The van der Waals surface area contributed by atoms with E-state index in [2.05, 4.69) is 19.8 Å². The van der Waals surface area contributed by atoms with Gasteiger partial charge in [0.2, 0.25) is 0 Å². The smallest absolute Gasteiger partial charge is 0.406 e. The quantitative estimate of drug-likeness (QED) is 0.505. The first-order chi connectivity index (χ1) is 14.5. The molecule has 0 aliphatic carbocycles. The van der Waals surface area contributed by atoms with E-state index in [9.17, 15) is 30.8 Å². The minimum atomic E-state index is -4.81. The first kappa shape index (κ1) is 22.5. The van der Waals surface area contributed by atoms with E-state index < -0.39 is 38.8 Å². The predicted octanol–water partition coefficient (Wildman–Crippen LogP) is 3.91. The average Bonchev–Trinajstić information content (AvgIpc) is 3.18. The fourth-order valence-corrected chi connectivity index (χ4v) is 4.25. The van der Waals surface area contributed by atoms with Gasteiger partial charge in [0.05, 0.1) is 0 Å². The van der Waals surface area contributed by atoms with Crippen molar-refractivity contribution in [2.24, 2.45) is 0 Å². The summed E-state index contributed by atoms with van der Waals surface area (Å²) >= 11 is 1.01. The maximum atomic E-state index is 14.4. The number of rotatable bonds is 7. The summed E-state index contributed by atoms with van der Waals surface area (Å²) in [4.78, 5) is 15.3. The van der Waals surface area contributed by atoms with Crippen molar-refractivity contribution in [3.8, 4) is 5.75 Å². The van der Waals surface area contributed by atoms with Crippen LogP contribution in [0.15, 0.2) is 58.9 Å². The molecule has 2 N–H and O–H groups in total. The molecule has 13 heteroatoms. The number of nitrogens with one attached hydrogen (secondary N) is 2. The van der Waals surface area contributed by atoms with Gasteiger partial charge in [-0.25, -0.2) is 17.8 Å². The molecule has 0 unspecified atom stereocenters. The number of alkyl halides is 3. The van der Waals surface area contributed by atoms with Crippen LogP contribution >= 0.6 is 11.3 Å². The minimum Gasteiger partial charge on any atom is -0.406 e. The molecule has 0 saturated carbocycles. The van der Waals surface area contributed by atoms with Crippen LogP contribution in [0.2, 0.25) is 0 Å². The minimum absolute atomic E-state index is 0.0571. The molecule has 0 bridgehead atoms. The van der Waals surface area contributed by atoms with E-state index >= 15 is 0 Å². The Bertz CT molecular complexity index is 1170. The number of carbonyl (C=O) groups is 1. The van der Waals surface area contributed by atoms with E-state index in [1.807, 2.05) is 0 Å². The van der Waals surface area contributed by atoms with Gasteiger partial charge in [-0.15, -0.1) is 24.5 Å². The molecule has 0 radical (unpaired) electrons. The predicted molar refractivity (Wildman–Crippen MR) is 104 cm³/mol. The molecule has 164 valence electrons. The number of thiazole rings is 1. The van der Waals surface area contributed by atoms with Crippen molar-refractivity contribution < 1.29 is 35.5 Å². The number of halogens is 4. The fourth-order valence-electron chi connectivity index (χ4n) is 2.40. The first-order valence-electron chi connectivity index (χ1n) is 8.38. The summed E-state index contributed by atoms with van der Waals surface area (Å²) in [6.45, 7) is -0.0571. The summed E-state index contributed by atoms with van der Waals surface area (Å²) < 4.78 is 81.2. The summed E-state index contributed by atoms with van der Waals surface area (Å²) in [5.41, 5.74) is 0.331. The van der Waals surface area contributed by atoms with Crippen molar-refractivity contribution in [1.82, 2.24) is 10.3 Å². The number of hydrogen-bond donors (Lipinski definition) is 2. The van der Waals surface area contributed by atoms with E-state index in [0.717, 1.165) is 41.7 Å². The van der Waals surface area contributed by atoms with Crippen molar-refractivity contribution in [3.05, 3.63) is 71.0 Å². The van der Waals surface area contributed by atoms with Crippen LogP contribution in [0.4, 0.5) is 22.7 Å². The third-order valence-electron chi connectivity index (χ3n) is 3.75. The zero-order valence-electron chi connectivity index (χ0n) is 15.3. The van der Waals surface area contributed by atoms with Gasteiger partial charge in [-0.1, -0.05) is 12.1 Å². The van der Waals surface area contributed by atoms with Gasteiger partial charge in [0, 0.05) is 23.7 Å². The number of aromatic nitrogens is 1. The van der Waals surface area contributed by atoms with E-state index in [-0.39, 0.29) is 17.2 Å². The van der Waals surface area contributed by atoms with Gasteiger partial charge in [-0.05, 0) is 35.9 Å². The topological polar surface area (TPSA) is 97.4 Å². The third-order valence-corrected chi connectivity index (χ3v) is 5.94. The van der Waals surface area contributed by atoms with Gasteiger partial charge in [-0.2, -0.15) is 0 Å². The molecular weight excluding hydrogens is 462 g/mol. The molecule has 0 atom stereocenters. The Kier molecular flexibility index (Phi) is 6.45. The van der Waals surface area contributed by atoms with Crippen LogP contribution in [-0.2, 0) is 16.6 Å². The molecule has 3 aromatic rings. The Morgan fingerprint density at radius 3 is 2.42 bits per heavy atom. The zero-order valence-corrected chi connectivity index (χ0v) is 16.9. The molecule has 1 amide bonds. The monoisotopic (exact) mass is 475 g/mol. The lowest BCUT2D eigenvalue weighted by molar-refractivity contribution is -0.274.